The van der Waals surface area contributed by atoms with Crippen molar-refractivity contribution >= 4 is 5.91 Å². The molecule has 1 aromatic rings. The average Bonchev–Trinajstić information content (AvgIpc) is 2.58. The van der Waals surface area contributed by atoms with Gasteiger partial charge >= 0.3 is 0 Å². The lowest BCUT2D eigenvalue weighted by molar-refractivity contribution is -0.126. The van der Waals surface area contributed by atoms with Gasteiger partial charge in [-0.2, -0.15) is 0 Å². The lowest BCUT2D eigenvalue weighted by Crippen LogP contribution is -2.56. The molecule has 4 bridgehead atoms. The maximum Gasteiger partial charge on any atom is 0.227 e. The van der Waals surface area contributed by atoms with Crippen LogP contribution in [0.2, 0.25) is 0 Å². The van der Waals surface area contributed by atoms with Crippen LogP contribution in [0.25, 0.3) is 0 Å². The van der Waals surface area contributed by atoms with E-state index in [4.69, 9.17) is 0 Å². The van der Waals surface area contributed by atoms with Crippen molar-refractivity contribution in [3.63, 3.8) is 0 Å². The van der Waals surface area contributed by atoms with Gasteiger partial charge in [0.25, 0.3) is 0 Å². The number of amides is 1. The minimum Gasteiger partial charge on any atom is -0.352 e. The molecule has 0 radical (unpaired) electrons. The number of nitrogens with one attached hydrogen (secondary N) is 1. The van der Waals surface area contributed by atoms with Gasteiger partial charge in [-0.25, -0.2) is 0 Å². The Morgan fingerprint density at radius 3 is 2.21 bits per heavy atom. The van der Waals surface area contributed by atoms with E-state index in [1.807, 2.05) is 0 Å². The van der Waals surface area contributed by atoms with Crippen molar-refractivity contribution in [2.24, 2.45) is 23.7 Å². The molecule has 2 nitrogen and oxygen atoms in total. The molecule has 2 atom stereocenters. The zero-order chi connectivity index (χ0) is 16.3. The van der Waals surface area contributed by atoms with Crippen molar-refractivity contribution < 1.29 is 4.79 Å². The van der Waals surface area contributed by atoms with Crippen LogP contribution < -0.4 is 5.32 Å². The van der Waals surface area contributed by atoms with Crippen LogP contribution in [0.4, 0.5) is 0 Å². The molecule has 1 amide bonds. The maximum atomic E-state index is 13.1. The van der Waals surface area contributed by atoms with Crippen LogP contribution in [-0.4, -0.2) is 11.9 Å². The highest BCUT2D eigenvalue weighted by Gasteiger charge is 2.49. The molecule has 5 aliphatic carbocycles. The molecule has 128 valence electrons. The molecule has 1 N–H and O–H groups in total. The van der Waals surface area contributed by atoms with E-state index >= 15 is 0 Å². The predicted octanol–water partition coefficient (Wildman–Crippen LogP) is 4.61. The van der Waals surface area contributed by atoms with Gasteiger partial charge in [0.15, 0.2) is 0 Å². The first-order chi connectivity index (χ1) is 11.7. The van der Waals surface area contributed by atoms with Crippen molar-refractivity contribution in [1.29, 1.82) is 0 Å². The smallest absolute Gasteiger partial charge is 0.227 e. The number of hydrogen-bond acceptors (Lipinski definition) is 1. The summed E-state index contributed by atoms with van der Waals surface area (Å²) in [6.07, 6.45) is 9.11. The normalized spacial score (nSPS) is 42.6. The summed E-state index contributed by atoms with van der Waals surface area (Å²) in [7, 11) is 0. The number of fused-ring (bicyclic) bond motifs is 1. The molecule has 2 unspecified atom stereocenters. The highest BCUT2D eigenvalue weighted by atomic mass is 16.2. The van der Waals surface area contributed by atoms with Gasteiger partial charge in [-0.1, -0.05) is 31.2 Å². The molecule has 0 aliphatic heterocycles. The van der Waals surface area contributed by atoms with Gasteiger partial charge in [-0.15, -0.1) is 0 Å². The second kappa shape index (κ2) is 5.61. The van der Waals surface area contributed by atoms with Crippen molar-refractivity contribution in [3.8, 4) is 0 Å². The Labute approximate surface area is 145 Å². The van der Waals surface area contributed by atoms with Crippen LogP contribution in [0.5, 0.6) is 0 Å². The number of carbonyl (C=O) groups excluding carboxylic acids is 1. The van der Waals surface area contributed by atoms with Crippen molar-refractivity contribution in [1.82, 2.24) is 5.32 Å². The first-order valence-electron chi connectivity index (χ1n) is 10.1. The third-order valence-corrected chi connectivity index (χ3v) is 7.64. The average molecular weight is 323 g/mol. The minimum absolute atomic E-state index is 0.0783. The largest absolute Gasteiger partial charge is 0.352 e. The molecule has 0 saturated heterocycles. The van der Waals surface area contributed by atoms with Gasteiger partial charge in [-0.05, 0) is 85.7 Å². The zero-order valence-electron chi connectivity index (χ0n) is 14.7. The third kappa shape index (κ3) is 2.33. The first kappa shape index (κ1) is 15.0. The van der Waals surface area contributed by atoms with E-state index in [2.05, 4.69) is 36.5 Å². The second-order valence-corrected chi connectivity index (χ2v) is 9.12. The SMILES string of the molecule is CC1CCC(C(=O)NC2C3CC4CC(C3)CC2C4)c2ccccc21. The minimum atomic E-state index is 0.0783. The summed E-state index contributed by atoms with van der Waals surface area (Å²) in [6, 6.07) is 9.10. The fourth-order valence-corrected chi connectivity index (χ4v) is 6.70. The lowest BCUT2D eigenvalue weighted by atomic mass is 9.54. The maximum absolute atomic E-state index is 13.1. The number of carbonyl (C=O) groups is 1. The Bertz CT molecular complexity index is 623. The zero-order valence-corrected chi connectivity index (χ0v) is 14.7. The van der Waals surface area contributed by atoms with E-state index < -0.39 is 0 Å². The van der Waals surface area contributed by atoms with Gasteiger partial charge < -0.3 is 5.32 Å². The fraction of sp³-hybridized carbons (Fsp3) is 0.682. The molecule has 4 saturated carbocycles. The summed E-state index contributed by atoms with van der Waals surface area (Å²) in [6.45, 7) is 2.30. The summed E-state index contributed by atoms with van der Waals surface area (Å²) >= 11 is 0. The summed E-state index contributed by atoms with van der Waals surface area (Å²) in [5, 5.41) is 3.55. The lowest BCUT2D eigenvalue weighted by Gasteiger charge is -2.54. The highest BCUT2D eigenvalue weighted by molar-refractivity contribution is 5.84. The van der Waals surface area contributed by atoms with Crippen molar-refractivity contribution in [2.45, 2.75) is 69.7 Å². The van der Waals surface area contributed by atoms with E-state index in [0.717, 1.165) is 36.5 Å². The topological polar surface area (TPSA) is 29.1 Å². The van der Waals surface area contributed by atoms with Crippen molar-refractivity contribution in [2.75, 3.05) is 0 Å². The van der Waals surface area contributed by atoms with E-state index in [0.29, 0.717) is 17.9 Å². The van der Waals surface area contributed by atoms with Crippen LogP contribution in [0, 0.1) is 23.7 Å². The van der Waals surface area contributed by atoms with Crippen LogP contribution in [-0.2, 0) is 4.79 Å². The summed E-state index contributed by atoms with van der Waals surface area (Å²) in [5.74, 6) is 4.45. The van der Waals surface area contributed by atoms with Crippen LogP contribution in [0.15, 0.2) is 24.3 Å². The Balaban J connectivity index is 1.35. The molecule has 0 spiro atoms. The van der Waals surface area contributed by atoms with Crippen LogP contribution in [0.1, 0.15) is 74.8 Å². The van der Waals surface area contributed by atoms with Gasteiger partial charge in [0.05, 0.1) is 5.92 Å². The van der Waals surface area contributed by atoms with E-state index in [9.17, 15) is 4.79 Å². The summed E-state index contributed by atoms with van der Waals surface area (Å²) in [4.78, 5) is 13.1. The molecule has 1 aromatic carbocycles. The first-order valence-corrected chi connectivity index (χ1v) is 10.1. The van der Waals surface area contributed by atoms with E-state index in [-0.39, 0.29) is 5.92 Å². The Hall–Kier alpha value is -1.31. The second-order valence-electron chi connectivity index (χ2n) is 9.12. The molecule has 2 heteroatoms. The molecule has 24 heavy (non-hydrogen) atoms. The molecule has 0 heterocycles. The monoisotopic (exact) mass is 323 g/mol. The molecular formula is C22H29NO. The molecular weight excluding hydrogens is 294 g/mol. The van der Waals surface area contributed by atoms with Crippen molar-refractivity contribution in [3.05, 3.63) is 35.4 Å². The Morgan fingerprint density at radius 1 is 0.917 bits per heavy atom. The quantitative estimate of drug-likeness (QED) is 0.846. The van der Waals surface area contributed by atoms with Gasteiger partial charge in [0.2, 0.25) is 5.91 Å². The molecule has 4 fully saturated rings. The number of hydrogen-bond donors (Lipinski definition) is 1. The van der Waals surface area contributed by atoms with E-state index in [1.54, 1.807) is 0 Å². The predicted molar refractivity (Wildman–Crippen MR) is 95.8 cm³/mol. The molecule has 5 aliphatic rings. The van der Waals surface area contributed by atoms with E-state index in [1.165, 1.54) is 43.2 Å². The highest BCUT2D eigenvalue weighted by Crippen LogP contribution is 2.54. The molecule has 0 aromatic heterocycles. The van der Waals surface area contributed by atoms with Gasteiger partial charge in [0.1, 0.15) is 0 Å². The molecule has 6 rings (SSSR count). The van der Waals surface area contributed by atoms with Crippen LogP contribution in [0.3, 0.4) is 0 Å². The summed E-state index contributed by atoms with van der Waals surface area (Å²) < 4.78 is 0. The Kier molecular flexibility index (Phi) is 3.50. The standard InChI is InChI=1S/C22H29NO/c1-13-6-7-20(19-5-3-2-4-18(13)19)22(24)23-21-16-9-14-8-15(11-16)12-17(21)10-14/h2-5,13-17,20-21H,6-12H2,1H3,(H,23,24). The fourth-order valence-electron chi connectivity index (χ4n) is 6.70. The van der Waals surface area contributed by atoms with Crippen LogP contribution >= 0.6 is 0 Å². The number of benzene rings is 1. The summed E-state index contributed by atoms with van der Waals surface area (Å²) in [5.41, 5.74) is 2.69. The Morgan fingerprint density at radius 2 is 1.54 bits per heavy atom. The van der Waals surface area contributed by atoms with Gasteiger partial charge in [0, 0.05) is 6.04 Å². The number of rotatable bonds is 2. The third-order valence-electron chi connectivity index (χ3n) is 7.64. The van der Waals surface area contributed by atoms with Gasteiger partial charge in [-0.3, -0.25) is 4.79 Å².